The molecule has 0 spiro atoms. The van der Waals surface area contributed by atoms with E-state index in [1.165, 1.54) is 0 Å². The van der Waals surface area contributed by atoms with E-state index < -0.39 is 0 Å². The van der Waals surface area contributed by atoms with E-state index in [4.69, 9.17) is 0 Å². The number of Topliss-reactive ketones (excluding diaryl/α,β-unsaturated/α-hetero) is 2. The van der Waals surface area contributed by atoms with Crippen molar-refractivity contribution in [1.29, 1.82) is 0 Å². The van der Waals surface area contributed by atoms with E-state index in [1.807, 2.05) is 0 Å². The van der Waals surface area contributed by atoms with E-state index in [0.717, 1.165) is 25.7 Å². The summed E-state index contributed by atoms with van der Waals surface area (Å²) >= 11 is 3.21. The fourth-order valence-corrected chi connectivity index (χ4v) is 1.58. The maximum absolute atomic E-state index is 11.3. The second kappa shape index (κ2) is 8.84. The van der Waals surface area contributed by atoms with Gasteiger partial charge in [0.25, 0.3) is 0 Å². The van der Waals surface area contributed by atoms with E-state index in [-0.39, 0.29) is 11.6 Å². The van der Waals surface area contributed by atoms with E-state index in [2.05, 4.69) is 22.5 Å². The second-order valence-corrected chi connectivity index (χ2v) is 4.34. The van der Waals surface area contributed by atoms with Crippen LogP contribution in [0.2, 0.25) is 0 Å². The number of hydrogen-bond acceptors (Lipinski definition) is 2. The van der Waals surface area contributed by atoms with Gasteiger partial charge < -0.3 is 4.79 Å². The summed E-state index contributed by atoms with van der Waals surface area (Å²) in [4.78, 5) is 22.0. The topological polar surface area (TPSA) is 34.1 Å². The molecule has 0 bridgehead atoms. The fourth-order valence-electron chi connectivity index (χ4n) is 1.26. The molecule has 0 aliphatic carbocycles. The van der Waals surface area contributed by atoms with Gasteiger partial charge in [-0.25, -0.2) is 0 Å². The first-order valence-corrected chi connectivity index (χ1v) is 6.46. The minimum atomic E-state index is 0.151. The van der Waals surface area contributed by atoms with Crippen LogP contribution in [0.4, 0.5) is 0 Å². The van der Waals surface area contributed by atoms with Crippen molar-refractivity contribution in [3.05, 3.63) is 12.2 Å². The summed E-state index contributed by atoms with van der Waals surface area (Å²) < 4.78 is 0. The third kappa shape index (κ3) is 8.55. The van der Waals surface area contributed by atoms with Gasteiger partial charge >= 0.3 is 0 Å². The fraction of sp³-hybridized carbons (Fsp3) is 0.667. The Balaban J connectivity index is 3.35. The molecule has 2 nitrogen and oxygen atoms in total. The van der Waals surface area contributed by atoms with Crippen LogP contribution in [0.1, 0.15) is 45.4 Å². The average Bonchev–Trinajstić information content (AvgIpc) is 2.21. The normalized spacial score (nSPS) is 10.0. The van der Waals surface area contributed by atoms with Gasteiger partial charge in [-0.15, -0.1) is 0 Å². The molecule has 86 valence electrons. The molecule has 0 radical (unpaired) electrons. The Hall–Kier alpha value is -0.440. The first-order chi connectivity index (χ1) is 7.07. The van der Waals surface area contributed by atoms with Crippen molar-refractivity contribution in [2.75, 3.05) is 5.33 Å². The highest BCUT2D eigenvalue weighted by molar-refractivity contribution is 9.09. The van der Waals surface area contributed by atoms with Crippen molar-refractivity contribution in [2.24, 2.45) is 0 Å². The zero-order chi connectivity index (χ0) is 11.7. The maximum atomic E-state index is 11.3. The molecular formula is C12H19BrO2. The number of hydrogen-bond donors (Lipinski definition) is 0. The maximum Gasteiger partial charge on any atom is 0.159 e. The van der Waals surface area contributed by atoms with E-state index >= 15 is 0 Å². The van der Waals surface area contributed by atoms with E-state index in [1.54, 1.807) is 6.92 Å². The molecular weight excluding hydrogens is 256 g/mol. The summed E-state index contributed by atoms with van der Waals surface area (Å²) in [5, 5.41) is 0.566. The Morgan fingerprint density at radius 1 is 1.07 bits per heavy atom. The molecule has 0 atom stereocenters. The average molecular weight is 275 g/mol. The molecule has 15 heavy (non-hydrogen) atoms. The molecule has 0 heterocycles. The van der Waals surface area contributed by atoms with E-state index in [9.17, 15) is 9.59 Å². The summed E-state index contributed by atoms with van der Waals surface area (Å²) in [6.07, 6.45) is 5.17. The van der Waals surface area contributed by atoms with Crippen LogP contribution >= 0.6 is 15.9 Å². The largest absolute Gasteiger partial charge is 0.300 e. The number of rotatable bonds is 9. The van der Waals surface area contributed by atoms with Crippen LogP contribution in [0.25, 0.3) is 0 Å². The van der Waals surface area contributed by atoms with Crippen molar-refractivity contribution >= 4 is 27.5 Å². The number of halogens is 1. The SMILES string of the molecule is C=C(CBr)C(=O)CCCCCCC(C)=O. The van der Waals surface area contributed by atoms with Crippen LogP contribution in [-0.2, 0) is 9.59 Å². The number of carbonyl (C=O) groups excluding carboxylic acids is 2. The Kier molecular flexibility index (Phi) is 8.58. The predicted octanol–water partition coefficient (Wildman–Crippen LogP) is 3.44. The van der Waals surface area contributed by atoms with Crippen LogP contribution in [0.5, 0.6) is 0 Å². The number of ketones is 2. The van der Waals surface area contributed by atoms with Crippen LogP contribution in [0.15, 0.2) is 12.2 Å². The number of allylic oxidation sites excluding steroid dienone is 1. The zero-order valence-electron chi connectivity index (χ0n) is 9.35. The molecule has 0 saturated carbocycles. The minimum absolute atomic E-state index is 0.151. The lowest BCUT2D eigenvalue weighted by Crippen LogP contribution is -2.02. The first-order valence-electron chi connectivity index (χ1n) is 5.34. The number of unbranched alkanes of at least 4 members (excludes halogenated alkanes) is 3. The highest BCUT2D eigenvalue weighted by Crippen LogP contribution is 2.09. The molecule has 0 rings (SSSR count). The zero-order valence-corrected chi connectivity index (χ0v) is 10.9. The summed E-state index contributed by atoms with van der Waals surface area (Å²) in [6, 6.07) is 0. The van der Waals surface area contributed by atoms with Gasteiger partial charge in [0.1, 0.15) is 5.78 Å². The molecule has 0 aliphatic heterocycles. The Morgan fingerprint density at radius 3 is 2.07 bits per heavy atom. The van der Waals surface area contributed by atoms with Crippen molar-refractivity contribution in [1.82, 2.24) is 0 Å². The standard InChI is InChI=1S/C12H19BrO2/c1-10(9-13)12(15)8-6-4-3-5-7-11(2)14/h1,3-9H2,2H3. The van der Waals surface area contributed by atoms with Gasteiger partial charge in [0.05, 0.1) is 0 Å². The van der Waals surface area contributed by atoms with Gasteiger partial charge in [0.15, 0.2) is 5.78 Å². The van der Waals surface area contributed by atoms with E-state index in [0.29, 0.717) is 23.7 Å². The second-order valence-electron chi connectivity index (χ2n) is 3.78. The third-order valence-corrected chi connectivity index (χ3v) is 2.92. The summed E-state index contributed by atoms with van der Waals surface area (Å²) in [7, 11) is 0. The smallest absolute Gasteiger partial charge is 0.159 e. The minimum Gasteiger partial charge on any atom is -0.300 e. The predicted molar refractivity (Wildman–Crippen MR) is 66.3 cm³/mol. The lowest BCUT2D eigenvalue weighted by molar-refractivity contribution is -0.117. The molecule has 0 aromatic carbocycles. The van der Waals surface area contributed by atoms with Crippen molar-refractivity contribution in [2.45, 2.75) is 45.4 Å². The number of alkyl halides is 1. The lowest BCUT2D eigenvalue weighted by Gasteiger charge is -2.01. The molecule has 0 fully saturated rings. The van der Waals surface area contributed by atoms with Crippen molar-refractivity contribution in [3.63, 3.8) is 0 Å². The van der Waals surface area contributed by atoms with Crippen molar-refractivity contribution in [3.8, 4) is 0 Å². The quantitative estimate of drug-likeness (QED) is 0.367. The Morgan fingerprint density at radius 2 is 1.60 bits per heavy atom. The number of carbonyl (C=O) groups is 2. The summed E-state index contributed by atoms with van der Waals surface area (Å²) in [5.74, 6) is 0.400. The molecule has 0 saturated heterocycles. The first kappa shape index (κ1) is 14.6. The third-order valence-electron chi connectivity index (χ3n) is 2.24. The summed E-state index contributed by atoms with van der Waals surface area (Å²) in [6.45, 7) is 5.28. The molecule has 0 aromatic heterocycles. The molecule has 0 amide bonds. The van der Waals surface area contributed by atoms with Crippen molar-refractivity contribution < 1.29 is 9.59 Å². The Bertz CT molecular complexity index is 234. The molecule has 0 N–H and O–H groups in total. The van der Waals surface area contributed by atoms with Crippen LogP contribution in [0.3, 0.4) is 0 Å². The van der Waals surface area contributed by atoms with Gasteiger partial charge in [-0.05, 0) is 25.3 Å². The van der Waals surface area contributed by atoms with Crippen LogP contribution in [-0.4, -0.2) is 16.9 Å². The van der Waals surface area contributed by atoms with Gasteiger partial charge in [-0.1, -0.05) is 35.4 Å². The molecule has 0 unspecified atom stereocenters. The summed E-state index contributed by atoms with van der Waals surface area (Å²) in [5.41, 5.74) is 0.652. The molecule has 0 aliphatic rings. The highest BCUT2D eigenvalue weighted by Gasteiger charge is 2.04. The van der Waals surface area contributed by atoms with Gasteiger partial charge in [0, 0.05) is 18.2 Å². The van der Waals surface area contributed by atoms with Crippen LogP contribution in [0, 0.1) is 0 Å². The Labute approximate surface area is 100 Å². The van der Waals surface area contributed by atoms with Gasteiger partial charge in [0.2, 0.25) is 0 Å². The van der Waals surface area contributed by atoms with Gasteiger partial charge in [-0.3, -0.25) is 4.79 Å². The monoisotopic (exact) mass is 274 g/mol. The van der Waals surface area contributed by atoms with Gasteiger partial charge in [-0.2, -0.15) is 0 Å². The highest BCUT2D eigenvalue weighted by atomic mass is 79.9. The lowest BCUT2D eigenvalue weighted by atomic mass is 10.1. The molecule has 0 aromatic rings. The molecule has 3 heteroatoms. The van der Waals surface area contributed by atoms with Crippen LogP contribution < -0.4 is 0 Å².